The predicted molar refractivity (Wildman–Crippen MR) is 76.7 cm³/mol. The Hall–Kier alpha value is -2.41. The van der Waals surface area contributed by atoms with Crippen molar-refractivity contribution in [2.24, 2.45) is 0 Å². The molecule has 0 unspecified atom stereocenters. The van der Waals surface area contributed by atoms with E-state index in [2.05, 4.69) is 4.74 Å². The first-order valence-electron chi connectivity index (χ1n) is 6.22. The van der Waals surface area contributed by atoms with Crippen LogP contribution in [0.2, 0.25) is 0 Å². The van der Waals surface area contributed by atoms with Crippen LogP contribution in [0.4, 0.5) is 4.39 Å². The van der Waals surface area contributed by atoms with Crippen LogP contribution in [0.5, 0.6) is 5.75 Å². The van der Waals surface area contributed by atoms with Gasteiger partial charge in [-0.05, 0) is 42.8 Å². The summed E-state index contributed by atoms with van der Waals surface area (Å²) in [5.74, 6) is -1.31. The number of carbonyl (C=O) groups excluding carboxylic acids is 1. The molecule has 0 N–H and O–H groups in total. The minimum Gasteiger partial charge on any atom is -0.465 e. The third-order valence-corrected chi connectivity index (χ3v) is 4.28. The molecule has 22 heavy (non-hydrogen) atoms. The quantitative estimate of drug-likeness (QED) is 0.639. The molecule has 7 heteroatoms. The molecule has 0 amide bonds. The number of carbonyl (C=O) groups is 1. The Morgan fingerprint density at radius 2 is 1.86 bits per heavy atom. The van der Waals surface area contributed by atoms with Gasteiger partial charge in [0.2, 0.25) is 0 Å². The molecule has 0 aliphatic rings. The highest BCUT2D eigenvalue weighted by Gasteiger charge is 2.21. The van der Waals surface area contributed by atoms with Gasteiger partial charge in [0.25, 0.3) is 0 Å². The lowest BCUT2D eigenvalue weighted by molar-refractivity contribution is 0.0600. The van der Waals surface area contributed by atoms with Crippen molar-refractivity contribution in [1.82, 2.24) is 0 Å². The molecular formula is C15H13FO5S. The summed E-state index contributed by atoms with van der Waals surface area (Å²) in [5.41, 5.74) is 0.545. The SMILES string of the molecule is COC(=O)c1ccc(S(=O)(=O)Oc2cccc(F)c2)c(C)c1. The Kier molecular flexibility index (Phi) is 4.46. The summed E-state index contributed by atoms with van der Waals surface area (Å²) in [5, 5.41) is 0. The second-order valence-electron chi connectivity index (χ2n) is 4.47. The molecule has 116 valence electrons. The maximum atomic E-state index is 13.1. The number of hydrogen-bond acceptors (Lipinski definition) is 5. The summed E-state index contributed by atoms with van der Waals surface area (Å²) in [6.45, 7) is 1.52. The highest BCUT2D eigenvalue weighted by atomic mass is 32.2. The van der Waals surface area contributed by atoms with Gasteiger partial charge in [0, 0.05) is 6.07 Å². The fourth-order valence-electron chi connectivity index (χ4n) is 1.87. The Labute approximate surface area is 127 Å². The van der Waals surface area contributed by atoms with E-state index in [1.807, 2.05) is 0 Å². The lowest BCUT2D eigenvalue weighted by Gasteiger charge is -2.10. The first-order valence-corrected chi connectivity index (χ1v) is 7.63. The minimum atomic E-state index is -4.13. The van der Waals surface area contributed by atoms with E-state index in [9.17, 15) is 17.6 Å². The zero-order valence-electron chi connectivity index (χ0n) is 11.9. The first-order chi connectivity index (χ1) is 10.3. The van der Waals surface area contributed by atoms with Crippen molar-refractivity contribution in [2.45, 2.75) is 11.8 Å². The van der Waals surface area contributed by atoms with Crippen LogP contribution in [0.3, 0.4) is 0 Å². The second kappa shape index (κ2) is 6.15. The highest BCUT2D eigenvalue weighted by Crippen LogP contribution is 2.23. The smallest absolute Gasteiger partial charge is 0.339 e. The van der Waals surface area contributed by atoms with Crippen molar-refractivity contribution < 1.29 is 26.5 Å². The molecule has 0 saturated heterocycles. The van der Waals surface area contributed by atoms with Crippen LogP contribution in [0.1, 0.15) is 15.9 Å². The van der Waals surface area contributed by atoms with Crippen molar-refractivity contribution in [2.75, 3.05) is 7.11 Å². The number of aryl methyl sites for hydroxylation is 1. The number of hydrogen-bond donors (Lipinski definition) is 0. The monoisotopic (exact) mass is 324 g/mol. The lowest BCUT2D eigenvalue weighted by atomic mass is 10.1. The molecule has 0 bridgehead atoms. The van der Waals surface area contributed by atoms with Gasteiger partial charge < -0.3 is 8.92 Å². The van der Waals surface area contributed by atoms with Gasteiger partial charge in [-0.15, -0.1) is 0 Å². The van der Waals surface area contributed by atoms with E-state index in [0.717, 1.165) is 6.07 Å². The number of esters is 1. The van der Waals surface area contributed by atoms with E-state index >= 15 is 0 Å². The third kappa shape index (κ3) is 3.43. The summed E-state index contributed by atoms with van der Waals surface area (Å²) in [4.78, 5) is 11.3. The van der Waals surface area contributed by atoms with Crippen LogP contribution in [0.25, 0.3) is 0 Å². The molecule has 0 aromatic heterocycles. The van der Waals surface area contributed by atoms with E-state index in [4.69, 9.17) is 4.18 Å². The van der Waals surface area contributed by atoms with Crippen LogP contribution < -0.4 is 4.18 Å². The van der Waals surface area contributed by atoms with Gasteiger partial charge in [0.05, 0.1) is 12.7 Å². The molecule has 0 aliphatic carbocycles. The van der Waals surface area contributed by atoms with Crippen molar-refractivity contribution in [3.63, 3.8) is 0 Å². The normalized spacial score (nSPS) is 11.0. The maximum absolute atomic E-state index is 13.1. The van der Waals surface area contributed by atoms with Crippen molar-refractivity contribution in [1.29, 1.82) is 0 Å². The fourth-order valence-corrected chi connectivity index (χ4v) is 3.00. The largest absolute Gasteiger partial charge is 0.465 e. The Bertz CT molecular complexity index is 814. The Balaban J connectivity index is 2.35. The zero-order valence-corrected chi connectivity index (χ0v) is 12.7. The summed E-state index contributed by atoms with van der Waals surface area (Å²) < 4.78 is 47.0. The van der Waals surface area contributed by atoms with Gasteiger partial charge in [-0.3, -0.25) is 0 Å². The van der Waals surface area contributed by atoms with Gasteiger partial charge in [0.15, 0.2) is 0 Å². The lowest BCUT2D eigenvalue weighted by Crippen LogP contribution is -2.12. The number of benzene rings is 2. The van der Waals surface area contributed by atoms with Gasteiger partial charge in [-0.2, -0.15) is 8.42 Å². The van der Waals surface area contributed by atoms with E-state index in [0.29, 0.717) is 5.56 Å². The average Bonchev–Trinajstić information content (AvgIpc) is 2.45. The predicted octanol–water partition coefficient (Wildman–Crippen LogP) is 2.69. The van der Waals surface area contributed by atoms with Gasteiger partial charge in [-0.1, -0.05) is 6.07 Å². The molecule has 0 radical (unpaired) electrons. The molecule has 2 aromatic rings. The van der Waals surface area contributed by atoms with Crippen molar-refractivity contribution >= 4 is 16.1 Å². The highest BCUT2D eigenvalue weighted by molar-refractivity contribution is 7.87. The summed E-state index contributed by atoms with van der Waals surface area (Å²) in [7, 11) is -2.90. The number of ether oxygens (including phenoxy) is 1. The molecular weight excluding hydrogens is 311 g/mol. The molecule has 0 aliphatic heterocycles. The van der Waals surface area contributed by atoms with E-state index in [-0.39, 0.29) is 16.2 Å². The Morgan fingerprint density at radius 3 is 2.45 bits per heavy atom. The molecule has 0 atom stereocenters. The summed E-state index contributed by atoms with van der Waals surface area (Å²) in [6, 6.07) is 8.77. The molecule has 0 fully saturated rings. The summed E-state index contributed by atoms with van der Waals surface area (Å²) in [6.07, 6.45) is 0. The number of methoxy groups -OCH3 is 1. The van der Waals surface area contributed by atoms with E-state index < -0.39 is 21.9 Å². The molecule has 5 nitrogen and oxygen atoms in total. The third-order valence-electron chi connectivity index (χ3n) is 2.87. The van der Waals surface area contributed by atoms with Gasteiger partial charge in [0.1, 0.15) is 16.5 Å². The topological polar surface area (TPSA) is 69.7 Å². The molecule has 2 rings (SSSR count). The van der Waals surface area contributed by atoms with Crippen molar-refractivity contribution in [3.05, 3.63) is 59.4 Å². The first kappa shape index (κ1) is 16.0. The molecule has 0 spiro atoms. The van der Waals surface area contributed by atoms with E-state index in [1.165, 1.54) is 50.4 Å². The van der Waals surface area contributed by atoms with Crippen LogP contribution >= 0.6 is 0 Å². The fraction of sp³-hybridized carbons (Fsp3) is 0.133. The van der Waals surface area contributed by atoms with Gasteiger partial charge in [-0.25, -0.2) is 9.18 Å². The molecule has 0 saturated carbocycles. The standard InChI is InChI=1S/C15H13FO5S/c1-10-8-11(15(17)20-2)6-7-14(10)22(18,19)21-13-5-3-4-12(16)9-13/h3-9H,1-2H3. The zero-order chi connectivity index (χ0) is 16.3. The van der Waals surface area contributed by atoms with E-state index in [1.54, 1.807) is 0 Å². The van der Waals surface area contributed by atoms with Crippen molar-refractivity contribution in [3.8, 4) is 5.75 Å². The average molecular weight is 324 g/mol. The van der Waals surface area contributed by atoms with Crippen LogP contribution in [0.15, 0.2) is 47.4 Å². The Morgan fingerprint density at radius 1 is 1.14 bits per heavy atom. The summed E-state index contributed by atoms with van der Waals surface area (Å²) >= 11 is 0. The molecule has 2 aromatic carbocycles. The number of halogens is 1. The van der Waals surface area contributed by atoms with Gasteiger partial charge >= 0.3 is 16.1 Å². The van der Waals surface area contributed by atoms with Crippen LogP contribution in [0, 0.1) is 12.7 Å². The minimum absolute atomic E-state index is 0.107. The number of rotatable bonds is 4. The van der Waals surface area contributed by atoms with Crippen LogP contribution in [-0.4, -0.2) is 21.5 Å². The maximum Gasteiger partial charge on any atom is 0.339 e. The second-order valence-corrected chi connectivity index (χ2v) is 5.98. The molecule has 0 heterocycles. The van der Waals surface area contributed by atoms with Crippen LogP contribution in [-0.2, 0) is 14.9 Å².